The third-order valence-electron chi connectivity index (χ3n) is 5.00. The Morgan fingerprint density at radius 1 is 1.26 bits per heavy atom. The molecule has 2 N–H and O–H groups in total. The topological polar surface area (TPSA) is 99.2 Å². The lowest BCUT2D eigenvalue weighted by Crippen LogP contribution is -2.32. The highest BCUT2D eigenvalue weighted by Gasteiger charge is 2.23. The molecule has 2 heterocycles. The summed E-state index contributed by atoms with van der Waals surface area (Å²) in [6.07, 6.45) is 2.42. The molecule has 0 radical (unpaired) electrons. The van der Waals surface area contributed by atoms with Gasteiger partial charge < -0.3 is 15.4 Å². The molecule has 0 aliphatic rings. The van der Waals surface area contributed by atoms with Gasteiger partial charge in [0.1, 0.15) is 12.9 Å². The molecule has 2 aromatic heterocycles. The Morgan fingerprint density at radius 2 is 1.97 bits per heavy atom. The van der Waals surface area contributed by atoms with Gasteiger partial charge in [-0.15, -0.1) is 0 Å². The molecule has 0 aliphatic heterocycles. The van der Waals surface area contributed by atoms with Gasteiger partial charge in [-0.05, 0) is 31.9 Å². The van der Waals surface area contributed by atoms with Crippen molar-refractivity contribution in [2.45, 2.75) is 65.0 Å². The van der Waals surface area contributed by atoms with E-state index in [4.69, 9.17) is 15.5 Å². The van der Waals surface area contributed by atoms with Crippen molar-refractivity contribution in [3.8, 4) is 0 Å². The number of para-hydroxylation sites is 1. The molecule has 0 bridgehead atoms. The summed E-state index contributed by atoms with van der Waals surface area (Å²) in [6, 6.07) is 8.31. The number of nitrogen functional groups attached to an aromatic ring is 1. The molecule has 0 saturated heterocycles. The van der Waals surface area contributed by atoms with Crippen molar-refractivity contribution in [3.05, 3.63) is 42.7 Å². The Morgan fingerprint density at radius 3 is 2.62 bits per heavy atom. The molecule has 1 unspecified atom stereocenters. The number of imidazole rings is 1. The number of anilines is 2. The van der Waals surface area contributed by atoms with Crippen molar-refractivity contribution in [1.82, 2.24) is 19.5 Å². The van der Waals surface area contributed by atoms with Gasteiger partial charge in [0.15, 0.2) is 22.1 Å². The second-order valence-corrected chi connectivity index (χ2v) is 8.81. The van der Waals surface area contributed by atoms with Gasteiger partial charge in [0.2, 0.25) is 0 Å². The van der Waals surface area contributed by atoms with Crippen LogP contribution in [-0.4, -0.2) is 44.0 Å². The highest BCUT2D eigenvalue weighted by Crippen LogP contribution is 2.34. The Balaban J connectivity index is 0.00000199. The van der Waals surface area contributed by atoms with Crippen LogP contribution in [0.15, 0.2) is 42.3 Å². The van der Waals surface area contributed by atoms with E-state index < -0.39 is 0 Å². The minimum Gasteiger partial charge on any atom is -0.464 e. The number of carbonyl (C=O) groups is 1. The van der Waals surface area contributed by atoms with E-state index in [0.29, 0.717) is 23.5 Å². The fraction of sp³-hybridized carbons (Fsp3) is 0.440. The van der Waals surface area contributed by atoms with Crippen LogP contribution < -0.4 is 10.6 Å². The first-order valence-corrected chi connectivity index (χ1v) is 12.5. The number of fused-ring (bicyclic) bond motifs is 1. The van der Waals surface area contributed by atoms with Crippen LogP contribution in [0.25, 0.3) is 16.7 Å². The number of ether oxygens (including phenoxy) is 1. The van der Waals surface area contributed by atoms with Crippen molar-refractivity contribution in [1.29, 1.82) is 0 Å². The number of aromatic nitrogens is 4. The highest BCUT2D eigenvalue weighted by molar-refractivity contribution is 7.99. The zero-order valence-corrected chi connectivity index (χ0v) is 21.9. The van der Waals surface area contributed by atoms with E-state index in [1.807, 2.05) is 37.5 Å². The predicted molar refractivity (Wildman–Crippen MR) is 142 cm³/mol. The van der Waals surface area contributed by atoms with E-state index in [1.165, 1.54) is 13.3 Å². The third kappa shape index (κ3) is 6.50. The number of thioether (sulfide) groups is 1. The first kappa shape index (κ1) is 27.2. The van der Waals surface area contributed by atoms with Crippen molar-refractivity contribution < 1.29 is 9.53 Å². The molecule has 0 saturated carbocycles. The summed E-state index contributed by atoms with van der Waals surface area (Å²) in [4.78, 5) is 26.8. The zero-order chi connectivity index (χ0) is 25.3. The molecule has 0 spiro atoms. The van der Waals surface area contributed by atoms with Gasteiger partial charge in [-0.2, -0.15) is 0 Å². The molecule has 8 nitrogen and oxygen atoms in total. The van der Waals surface area contributed by atoms with Crippen molar-refractivity contribution in [2.75, 3.05) is 23.8 Å². The summed E-state index contributed by atoms with van der Waals surface area (Å²) in [5.74, 6) is 0.00503. The van der Waals surface area contributed by atoms with E-state index in [9.17, 15) is 4.79 Å². The SMILES string of the molecule is C=C(C)c1ccccc1N(CCC)C(C)Sc1nc2c(N)ncnc2n1CCOC(C)=O.CC. The number of rotatable bonds is 10. The monoisotopic (exact) mass is 484 g/mol. The molecule has 0 amide bonds. The molecule has 3 rings (SSSR count). The lowest BCUT2D eigenvalue weighted by atomic mass is 10.1. The first-order valence-electron chi connectivity index (χ1n) is 11.6. The summed E-state index contributed by atoms with van der Waals surface area (Å²) in [5, 5.41) is 0.815. The Bertz CT molecular complexity index is 1110. The number of carbonyl (C=O) groups excluding carboxylic acids is 1. The van der Waals surface area contributed by atoms with Crippen LogP contribution >= 0.6 is 11.8 Å². The van der Waals surface area contributed by atoms with Gasteiger partial charge in [-0.3, -0.25) is 9.36 Å². The Hall–Kier alpha value is -3.07. The number of allylic oxidation sites excluding steroid dienone is 1. The summed E-state index contributed by atoms with van der Waals surface area (Å²) in [7, 11) is 0. The van der Waals surface area contributed by atoms with Crippen LogP contribution in [0.4, 0.5) is 11.5 Å². The van der Waals surface area contributed by atoms with Crippen LogP contribution in [0.1, 0.15) is 53.5 Å². The average Bonchev–Trinajstić information content (AvgIpc) is 3.17. The predicted octanol–water partition coefficient (Wildman–Crippen LogP) is 5.39. The number of hydrogen-bond acceptors (Lipinski definition) is 8. The summed E-state index contributed by atoms with van der Waals surface area (Å²) >= 11 is 1.61. The molecule has 0 aliphatic carbocycles. The van der Waals surface area contributed by atoms with Crippen LogP contribution in [0.3, 0.4) is 0 Å². The first-order chi connectivity index (χ1) is 16.3. The van der Waals surface area contributed by atoms with Crippen molar-refractivity contribution >= 4 is 46.0 Å². The normalized spacial score (nSPS) is 11.5. The van der Waals surface area contributed by atoms with E-state index in [1.54, 1.807) is 11.8 Å². The number of nitrogens with two attached hydrogens (primary N) is 1. The third-order valence-corrected chi connectivity index (χ3v) is 6.12. The fourth-order valence-corrected chi connectivity index (χ4v) is 4.65. The van der Waals surface area contributed by atoms with Gasteiger partial charge >= 0.3 is 5.97 Å². The smallest absolute Gasteiger partial charge is 0.302 e. The second-order valence-electron chi connectivity index (χ2n) is 7.53. The molecule has 1 aromatic carbocycles. The lowest BCUT2D eigenvalue weighted by molar-refractivity contribution is -0.141. The molecular formula is C25H36N6O2S. The Labute approximate surface area is 206 Å². The van der Waals surface area contributed by atoms with Gasteiger partial charge in [0.25, 0.3) is 0 Å². The van der Waals surface area contributed by atoms with Crippen molar-refractivity contribution in [3.63, 3.8) is 0 Å². The summed E-state index contributed by atoms with van der Waals surface area (Å²) in [5.41, 5.74) is 10.5. The van der Waals surface area contributed by atoms with Crippen LogP contribution in [0, 0.1) is 0 Å². The van der Waals surface area contributed by atoms with Crippen LogP contribution in [-0.2, 0) is 16.1 Å². The summed E-state index contributed by atoms with van der Waals surface area (Å²) < 4.78 is 7.10. The number of nitrogens with zero attached hydrogens (tertiary/aromatic N) is 5. The maximum Gasteiger partial charge on any atom is 0.302 e. The average molecular weight is 485 g/mol. The maximum atomic E-state index is 11.2. The largest absolute Gasteiger partial charge is 0.464 e. The quantitative estimate of drug-likeness (QED) is 0.232. The Kier molecular flexibility index (Phi) is 10.4. The van der Waals surface area contributed by atoms with Crippen LogP contribution in [0.2, 0.25) is 0 Å². The fourth-order valence-electron chi connectivity index (χ4n) is 3.55. The molecule has 1 atom stereocenters. The maximum absolute atomic E-state index is 11.2. The second kappa shape index (κ2) is 13.0. The molecule has 3 aromatic rings. The summed E-state index contributed by atoms with van der Waals surface area (Å²) in [6.45, 7) is 17.4. The minimum absolute atomic E-state index is 0.0638. The molecule has 184 valence electrons. The molecule has 9 heteroatoms. The van der Waals surface area contributed by atoms with Gasteiger partial charge in [-0.25, -0.2) is 15.0 Å². The van der Waals surface area contributed by atoms with E-state index in [2.05, 4.69) is 47.4 Å². The van der Waals surface area contributed by atoms with E-state index in [-0.39, 0.29) is 18.0 Å². The van der Waals surface area contributed by atoms with Gasteiger partial charge in [0, 0.05) is 24.7 Å². The van der Waals surface area contributed by atoms with E-state index in [0.717, 1.165) is 34.9 Å². The minimum atomic E-state index is -0.323. The zero-order valence-electron chi connectivity index (χ0n) is 21.0. The van der Waals surface area contributed by atoms with Crippen LogP contribution in [0.5, 0.6) is 0 Å². The lowest BCUT2D eigenvalue weighted by Gasteiger charge is -2.32. The molecule has 34 heavy (non-hydrogen) atoms. The number of benzene rings is 1. The number of hydrogen-bond donors (Lipinski definition) is 1. The van der Waals surface area contributed by atoms with E-state index >= 15 is 0 Å². The number of esters is 1. The van der Waals surface area contributed by atoms with Crippen molar-refractivity contribution in [2.24, 2.45) is 0 Å². The van der Waals surface area contributed by atoms with Gasteiger partial charge in [-0.1, -0.05) is 57.3 Å². The van der Waals surface area contributed by atoms with Gasteiger partial charge in [0.05, 0.1) is 11.9 Å². The molecular weight excluding hydrogens is 448 g/mol. The molecule has 0 fully saturated rings. The highest BCUT2D eigenvalue weighted by atomic mass is 32.2. The standard InChI is InChI=1S/C23H30N6O2S.C2H6/c1-6-11-28(19-10-8-7-9-18(19)15(2)3)16(4)32-23-27-20-21(24)25-14-26-22(20)29(23)12-13-31-17(5)30;1-2/h7-10,14,16H,2,6,11-13H2,1,3-5H3,(H2,24,25,26);1-2H3.